The highest BCUT2D eigenvalue weighted by Crippen LogP contribution is 2.52. The van der Waals surface area contributed by atoms with E-state index >= 15 is 0 Å². The summed E-state index contributed by atoms with van der Waals surface area (Å²) in [6.45, 7) is 8.18. The van der Waals surface area contributed by atoms with Gasteiger partial charge >= 0.3 is 5.97 Å². The van der Waals surface area contributed by atoms with Crippen LogP contribution >= 0.6 is 11.6 Å². The van der Waals surface area contributed by atoms with Crippen LogP contribution in [0.2, 0.25) is 5.02 Å². The highest BCUT2D eigenvalue weighted by atomic mass is 35.5. The summed E-state index contributed by atoms with van der Waals surface area (Å²) >= 11 is 6.37. The molecule has 29 heavy (non-hydrogen) atoms. The maximum Gasteiger partial charge on any atom is 0.356 e. The number of benzene rings is 1. The Morgan fingerprint density at radius 2 is 2.07 bits per heavy atom. The molecule has 2 atom stereocenters. The van der Waals surface area contributed by atoms with Crippen LogP contribution in [-0.2, 0) is 9.53 Å². The van der Waals surface area contributed by atoms with Gasteiger partial charge in [-0.25, -0.2) is 4.79 Å². The Morgan fingerprint density at radius 1 is 1.31 bits per heavy atom. The number of amides is 1. The van der Waals surface area contributed by atoms with Crippen molar-refractivity contribution in [3.63, 3.8) is 0 Å². The molecule has 1 saturated heterocycles. The van der Waals surface area contributed by atoms with Gasteiger partial charge in [0, 0.05) is 23.5 Å². The summed E-state index contributed by atoms with van der Waals surface area (Å²) in [4.78, 5) is 30.5. The summed E-state index contributed by atoms with van der Waals surface area (Å²) in [6, 6.07) is 5.76. The lowest BCUT2D eigenvalue weighted by Gasteiger charge is -2.39. The van der Waals surface area contributed by atoms with Crippen LogP contribution in [0.1, 0.15) is 50.5 Å². The predicted molar refractivity (Wildman–Crippen MR) is 114 cm³/mol. The molecule has 2 bridgehead atoms. The van der Waals surface area contributed by atoms with E-state index in [-0.39, 0.29) is 17.0 Å². The number of fused-ring (bicyclic) bond motifs is 3. The molecule has 0 unspecified atom stereocenters. The number of rotatable bonds is 4. The second-order valence-corrected chi connectivity index (χ2v) is 10.1. The fourth-order valence-electron chi connectivity index (χ4n) is 5.71. The number of halogens is 1. The molecule has 1 aromatic heterocycles. The number of nitrogens with zero attached hydrogens (tertiary/aromatic N) is 1. The molecule has 2 aliphatic rings. The number of hydrogen-bond acceptors (Lipinski definition) is 4. The molecule has 7 heteroatoms. The molecule has 0 radical (unpaired) electrons. The van der Waals surface area contributed by atoms with E-state index in [1.807, 2.05) is 6.07 Å². The van der Waals surface area contributed by atoms with Gasteiger partial charge in [0.25, 0.3) is 0 Å². The first-order chi connectivity index (χ1) is 13.6. The van der Waals surface area contributed by atoms with Crippen LogP contribution < -0.4 is 5.32 Å². The molecule has 2 aromatic rings. The van der Waals surface area contributed by atoms with Gasteiger partial charge in [-0.3, -0.25) is 9.69 Å². The second kappa shape index (κ2) is 7.03. The van der Waals surface area contributed by atoms with E-state index in [4.69, 9.17) is 16.3 Å². The molecule has 1 saturated carbocycles. The van der Waals surface area contributed by atoms with Gasteiger partial charge in [0.05, 0.1) is 24.4 Å². The van der Waals surface area contributed by atoms with Gasteiger partial charge in [0.1, 0.15) is 5.69 Å². The number of anilines is 1. The van der Waals surface area contributed by atoms with Gasteiger partial charge in [-0.1, -0.05) is 38.4 Å². The average molecular weight is 418 g/mol. The lowest BCUT2D eigenvalue weighted by Crippen LogP contribution is -2.38. The number of aromatic nitrogens is 1. The average Bonchev–Trinajstić information content (AvgIpc) is 3.09. The van der Waals surface area contributed by atoms with E-state index in [0.717, 1.165) is 19.4 Å². The molecule has 6 nitrogen and oxygen atoms in total. The molecule has 1 aliphatic heterocycles. The van der Waals surface area contributed by atoms with Crippen molar-refractivity contribution < 1.29 is 14.3 Å². The number of carbonyl (C=O) groups is 2. The molecule has 2 N–H and O–H groups in total. The first kappa shape index (κ1) is 20.2. The highest BCUT2D eigenvalue weighted by Gasteiger charge is 2.49. The quantitative estimate of drug-likeness (QED) is 0.721. The van der Waals surface area contributed by atoms with E-state index in [9.17, 15) is 9.59 Å². The number of aromatic amines is 1. The number of esters is 1. The third kappa shape index (κ3) is 3.76. The van der Waals surface area contributed by atoms with E-state index in [2.05, 4.69) is 36.0 Å². The van der Waals surface area contributed by atoms with Crippen molar-refractivity contribution >= 4 is 40.1 Å². The molecule has 0 spiro atoms. The minimum atomic E-state index is -0.543. The number of methoxy groups -OCH3 is 1. The van der Waals surface area contributed by atoms with Crippen LogP contribution in [0, 0.1) is 10.8 Å². The molecule has 4 rings (SSSR count). The zero-order chi connectivity index (χ0) is 21.0. The van der Waals surface area contributed by atoms with Crippen LogP contribution in [0.15, 0.2) is 18.2 Å². The van der Waals surface area contributed by atoms with E-state index < -0.39 is 5.97 Å². The van der Waals surface area contributed by atoms with E-state index in [0.29, 0.717) is 39.6 Å². The van der Waals surface area contributed by atoms with Crippen molar-refractivity contribution in [2.24, 2.45) is 10.8 Å². The van der Waals surface area contributed by atoms with Crippen LogP contribution in [0.3, 0.4) is 0 Å². The van der Waals surface area contributed by atoms with Crippen molar-refractivity contribution in [3.8, 4) is 0 Å². The van der Waals surface area contributed by atoms with E-state index in [1.54, 1.807) is 12.1 Å². The standard InChI is InChI=1S/C22H28ClN3O3/c1-21(2)8-13-9-22(3,11-21)12-26(13)10-16(27)25-18-17-14(23)6-5-7-15(17)24-19(18)20(28)29-4/h5-7,13,24H,8-12H2,1-4H3,(H,25,27)/t13-,22-/m1/s1. The van der Waals surface area contributed by atoms with Crippen molar-refractivity contribution in [2.45, 2.75) is 46.1 Å². The van der Waals surface area contributed by atoms with Crippen LogP contribution in [-0.4, -0.2) is 48.0 Å². The predicted octanol–water partition coefficient (Wildman–Crippen LogP) is 4.45. The van der Waals surface area contributed by atoms with Gasteiger partial charge in [-0.15, -0.1) is 0 Å². The maximum atomic E-state index is 13.0. The summed E-state index contributed by atoms with van der Waals surface area (Å²) in [6.07, 6.45) is 3.41. The summed E-state index contributed by atoms with van der Waals surface area (Å²) in [7, 11) is 1.31. The third-order valence-electron chi connectivity index (χ3n) is 6.30. The van der Waals surface area contributed by atoms with Crippen molar-refractivity contribution in [1.82, 2.24) is 9.88 Å². The highest BCUT2D eigenvalue weighted by molar-refractivity contribution is 6.37. The molecule has 156 valence electrons. The molecular formula is C22H28ClN3O3. The normalized spacial score (nSPS) is 25.9. The first-order valence-corrected chi connectivity index (χ1v) is 10.4. The first-order valence-electron chi connectivity index (χ1n) is 10.0. The summed E-state index contributed by atoms with van der Waals surface area (Å²) < 4.78 is 4.88. The van der Waals surface area contributed by atoms with Gasteiger partial charge in [0.2, 0.25) is 5.91 Å². The van der Waals surface area contributed by atoms with Crippen LogP contribution in [0.25, 0.3) is 10.9 Å². The SMILES string of the molecule is COC(=O)c1[nH]c2cccc(Cl)c2c1NC(=O)CN1C[C@]2(C)C[C@H]1CC(C)(C)C2. The van der Waals surface area contributed by atoms with Crippen LogP contribution in [0.5, 0.6) is 0 Å². The van der Waals surface area contributed by atoms with E-state index in [1.165, 1.54) is 13.5 Å². The Balaban J connectivity index is 1.58. The van der Waals surface area contributed by atoms with Crippen molar-refractivity contribution in [2.75, 3.05) is 25.5 Å². The topological polar surface area (TPSA) is 74.4 Å². The minimum absolute atomic E-state index is 0.148. The number of nitrogens with one attached hydrogen (secondary N) is 2. The summed E-state index contributed by atoms with van der Waals surface area (Å²) in [5, 5.41) is 4.02. The summed E-state index contributed by atoms with van der Waals surface area (Å²) in [5.41, 5.74) is 1.83. The van der Waals surface area contributed by atoms with Gasteiger partial charge in [-0.2, -0.15) is 0 Å². The Hall–Kier alpha value is -2.05. The lowest BCUT2D eigenvalue weighted by molar-refractivity contribution is -0.117. The molecule has 1 aliphatic carbocycles. The number of carbonyl (C=O) groups excluding carboxylic acids is 2. The number of hydrogen-bond donors (Lipinski definition) is 2. The lowest BCUT2D eigenvalue weighted by atomic mass is 9.65. The minimum Gasteiger partial charge on any atom is -0.464 e. The monoisotopic (exact) mass is 417 g/mol. The Labute approximate surface area is 175 Å². The maximum absolute atomic E-state index is 13.0. The second-order valence-electron chi connectivity index (χ2n) is 9.70. The van der Waals surface area contributed by atoms with Crippen LogP contribution in [0.4, 0.5) is 5.69 Å². The van der Waals surface area contributed by atoms with Gasteiger partial charge in [0.15, 0.2) is 0 Å². The third-order valence-corrected chi connectivity index (χ3v) is 6.61. The molecular weight excluding hydrogens is 390 g/mol. The molecule has 1 amide bonds. The fourth-order valence-corrected chi connectivity index (χ4v) is 5.98. The Morgan fingerprint density at radius 3 is 2.79 bits per heavy atom. The molecule has 1 aromatic carbocycles. The smallest absolute Gasteiger partial charge is 0.356 e. The number of ether oxygens (including phenoxy) is 1. The zero-order valence-corrected chi connectivity index (χ0v) is 18.2. The Kier molecular flexibility index (Phi) is 4.90. The number of likely N-dealkylation sites (tertiary alicyclic amines) is 1. The van der Waals surface area contributed by atoms with Crippen molar-refractivity contribution in [3.05, 3.63) is 28.9 Å². The number of H-pyrrole nitrogens is 1. The van der Waals surface area contributed by atoms with Gasteiger partial charge < -0.3 is 15.0 Å². The molecule has 2 fully saturated rings. The zero-order valence-electron chi connectivity index (χ0n) is 17.4. The summed E-state index contributed by atoms with van der Waals surface area (Å²) in [5.74, 6) is -0.691. The molecule has 2 heterocycles. The Bertz CT molecular complexity index is 983. The van der Waals surface area contributed by atoms with Gasteiger partial charge in [-0.05, 0) is 42.2 Å². The largest absolute Gasteiger partial charge is 0.464 e. The van der Waals surface area contributed by atoms with Crippen molar-refractivity contribution in [1.29, 1.82) is 0 Å². The fraction of sp³-hybridized carbons (Fsp3) is 0.545.